The molecular formula is C26H30ClN3O4. The van der Waals surface area contributed by atoms with Gasteiger partial charge in [-0.25, -0.2) is 0 Å². The van der Waals surface area contributed by atoms with Crippen LogP contribution < -0.4 is 4.74 Å². The first-order valence-electron chi connectivity index (χ1n) is 11.7. The molecule has 0 saturated carbocycles. The number of non-ortho nitro benzene ring substituents is 1. The number of nitro groups is 1. The van der Waals surface area contributed by atoms with Crippen molar-refractivity contribution in [2.24, 2.45) is 10.2 Å². The molecule has 0 unspecified atom stereocenters. The zero-order valence-corrected chi connectivity index (χ0v) is 20.1. The van der Waals surface area contributed by atoms with Gasteiger partial charge in [-0.3, -0.25) is 10.1 Å². The minimum Gasteiger partial charge on any atom is -0.507 e. The molecule has 34 heavy (non-hydrogen) atoms. The maximum absolute atomic E-state index is 10.9. The molecule has 180 valence electrons. The van der Waals surface area contributed by atoms with Crippen molar-refractivity contribution in [1.29, 1.82) is 0 Å². The van der Waals surface area contributed by atoms with E-state index >= 15 is 0 Å². The number of phenolic OH excluding ortho intramolecular Hbond substituents is 1. The van der Waals surface area contributed by atoms with E-state index in [0.717, 1.165) is 12.8 Å². The lowest BCUT2D eigenvalue weighted by Gasteiger charge is -2.12. The third kappa shape index (κ3) is 6.90. The van der Waals surface area contributed by atoms with Crippen molar-refractivity contribution in [3.05, 3.63) is 63.7 Å². The number of rotatable bonds is 13. The van der Waals surface area contributed by atoms with Crippen LogP contribution in [0.1, 0.15) is 58.3 Å². The van der Waals surface area contributed by atoms with E-state index in [1.165, 1.54) is 56.7 Å². The third-order valence-electron chi connectivity index (χ3n) is 5.62. The monoisotopic (exact) mass is 483 g/mol. The Kier molecular flexibility index (Phi) is 9.64. The Bertz CT molecular complexity index is 1150. The molecule has 8 heteroatoms. The minimum atomic E-state index is -0.517. The summed E-state index contributed by atoms with van der Waals surface area (Å²) < 4.78 is 6.06. The van der Waals surface area contributed by atoms with Crippen LogP contribution in [0.5, 0.6) is 11.5 Å². The van der Waals surface area contributed by atoms with E-state index in [2.05, 4.69) is 17.2 Å². The van der Waals surface area contributed by atoms with Gasteiger partial charge in [0.25, 0.3) is 5.69 Å². The van der Waals surface area contributed by atoms with Gasteiger partial charge in [-0.1, -0.05) is 75.6 Å². The van der Waals surface area contributed by atoms with Crippen LogP contribution in [0, 0.1) is 10.1 Å². The number of phenols is 1. The van der Waals surface area contributed by atoms with Gasteiger partial charge in [-0.05, 0) is 30.7 Å². The number of ether oxygens (including phenoxy) is 1. The first-order chi connectivity index (χ1) is 16.5. The van der Waals surface area contributed by atoms with Crippen molar-refractivity contribution in [3.63, 3.8) is 0 Å². The first-order valence-corrected chi connectivity index (χ1v) is 12.1. The molecule has 0 amide bonds. The van der Waals surface area contributed by atoms with Gasteiger partial charge in [0.05, 0.1) is 27.6 Å². The van der Waals surface area contributed by atoms with Crippen molar-refractivity contribution in [3.8, 4) is 11.5 Å². The number of benzene rings is 3. The van der Waals surface area contributed by atoms with Crippen LogP contribution in [0.3, 0.4) is 0 Å². The van der Waals surface area contributed by atoms with Crippen LogP contribution in [0.25, 0.3) is 10.8 Å². The van der Waals surface area contributed by atoms with Gasteiger partial charge >= 0.3 is 0 Å². The molecule has 0 bridgehead atoms. The molecule has 0 radical (unpaired) electrons. The number of nitro benzene ring substituents is 1. The molecule has 7 nitrogen and oxygen atoms in total. The van der Waals surface area contributed by atoms with Crippen molar-refractivity contribution in [2.45, 2.75) is 58.3 Å². The molecule has 0 aliphatic rings. The molecule has 0 atom stereocenters. The minimum absolute atomic E-state index is 0.115. The Balaban J connectivity index is 1.72. The standard InChI is InChI=1S/C26H30ClN3O4/c1-2-3-4-5-6-7-8-9-17-34-25-12-10-11-20-24(31)16-15-23(26(20)25)29-28-22-14-13-19(30(32)33)18-21(22)27/h10-16,18,31H,2-9,17H2,1H3. The molecule has 0 aromatic heterocycles. The lowest BCUT2D eigenvalue weighted by atomic mass is 10.1. The van der Waals surface area contributed by atoms with Gasteiger partial charge in [-0.15, -0.1) is 10.2 Å². The highest BCUT2D eigenvalue weighted by Gasteiger charge is 2.12. The average molecular weight is 484 g/mol. The van der Waals surface area contributed by atoms with E-state index in [4.69, 9.17) is 16.3 Å². The Labute approximate surface area is 204 Å². The van der Waals surface area contributed by atoms with Gasteiger partial charge in [0.2, 0.25) is 0 Å². The van der Waals surface area contributed by atoms with Gasteiger partial charge < -0.3 is 9.84 Å². The van der Waals surface area contributed by atoms with Crippen LogP contribution in [-0.4, -0.2) is 16.6 Å². The summed E-state index contributed by atoms with van der Waals surface area (Å²) in [5, 5.41) is 31.2. The molecule has 3 aromatic rings. The molecule has 0 spiro atoms. The summed E-state index contributed by atoms with van der Waals surface area (Å²) in [6.07, 6.45) is 9.73. The second-order valence-electron chi connectivity index (χ2n) is 8.20. The number of halogens is 1. The van der Waals surface area contributed by atoms with E-state index in [-0.39, 0.29) is 16.5 Å². The highest BCUT2D eigenvalue weighted by molar-refractivity contribution is 6.33. The fourth-order valence-electron chi connectivity index (χ4n) is 3.76. The van der Waals surface area contributed by atoms with E-state index < -0.39 is 4.92 Å². The summed E-state index contributed by atoms with van der Waals surface area (Å²) in [4.78, 5) is 10.4. The van der Waals surface area contributed by atoms with Gasteiger partial charge in [-0.2, -0.15) is 0 Å². The molecule has 0 aliphatic carbocycles. The summed E-state index contributed by atoms with van der Waals surface area (Å²) >= 11 is 6.14. The molecule has 0 fully saturated rings. The SMILES string of the molecule is CCCCCCCCCCOc1cccc2c(O)ccc(N=Nc3ccc([N+](=O)[O-])cc3Cl)c12. The van der Waals surface area contributed by atoms with E-state index in [1.54, 1.807) is 18.2 Å². The number of aromatic hydroxyl groups is 1. The van der Waals surface area contributed by atoms with Crippen molar-refractivity contribution < 1.29 is 14.8 Å². The summed E-state index contributed by atoms with van der Waals surface area (Å²) in [5.74, 6) is 0.750. The van der Waals surface area contributed by atoms with Crippen LogP contribution in [0.15, 0.2) is 58.8 Å². The van der Waals surface area contributed by atoms with Crippen LogP contribution in [-0.2, 0) is 0 Å². The second kappa shape index (κ2) is 12.9. The van der Waals surface area contributed by atoms with Crippen LogP contribution in [0.2, 0.25) is 5.02 Å². The quantitative estimate of drug-likeness (QED) is 0.113. The summed E-state index contributed by atoms with van der Waals surface area (Å²) in [6.45, 7) is 2.80. The molecule has 0 heterocycles. The zero-order valence-electron chi connectivity index (χ0n) is 19.4. The summed E-state index contributed by atoms with van der Waals surface area (Å²) in [7, 11) is 0. The molecular weight excluding hydrogens is 454 g/mol. The Hall–Kier alpha value is -3.19. The summed E-state index contributed by atoms with van der Waals surface area (Å²) in [5.41, 5.74) is 0.704. The smallest absolute Gasteiger partial charge is 0.271 e. The van der Waals surface area contributed by atoms with Crippen LogP contribution in [0.4, 0.5) is 17.1 Å². The second-order valence-corrected chi connectivity index (χ2v) is 8.61. The number of nitrogens with zero attached hydrogens (tertiary/aromatic N) is 3. The topological polar surface area (TPSA) is 97.3 Å². The number of fused-ring (bicyclic) bond motifs is 1. The third-order valence-corrected chi connectivity index (χ3v) is 5.92. The lowest BCUT2D eigenvalue weighted by molar-refractivity contribution is -0.384. The van der Waals surface area contributed by atoms with Crippen molar-refractivity contribution in [2.75, 3.05) is 6.61 Å². The highest BCUT2D eigenvalue weighted by Crippen LogP contribution is 2.40. The normalized spacial score (nSPS) is 11.4. The Morgan fingerprint density at radius 1 is 0.941 bits per heavy atom. The van der Waals surface area contributed by atoms with Crippen LogP contribution >= 0.6 is 11.6 Å². The van der Waals surface area contributed by atoms with Crippen molar-refractivity contribution >= 4 is 39.4 Å². The highest BCUT2D eigenvalue weighted by atomic mass is 35.5. The largest absolute Gasteiger partial charge is 0.507 e. The van der Waals surface area contributed by atoms with Crippen molar-refractivity contribution in [1.82, 2.24) is 0 Å². The number of azo groups is 1. The average Bonchev–Trinajstić information content (AvgIpc) is 2.83. The maximum atomic E-state index is 10.9. The fourth-order valence-corrected chi connectivity index (χ4v) is 3.97. The van der Waals surface area contributed by atoms with E-state index in [9.17, 15) is 15.2 Å². The molecule has 3 aromatic carbocycles. The fraction of sp³-hybridized carbons (Fsp3) is 0.385. The lowest BCUT2D eigenvalue weighted by Crippen LogP contribution is -1.98. The Morgan fingerprint density at radius 2 is 1.62 bits per heavy atom. The molecule has 1 N–H and O–H groups in total. The molecule has 3 rings (SSSR count). The number of hydrogen-bond acceptors (Lipinski definition) is 6. The molecule has 0 aliphatic heterocycles. The first kappa shape index (κ1) is 25.4. The molecule has 0 saturated heterocycles. The number of hydrogen-bond donors (Lipinski definition) is 1. The predicted octanol–water partition coefficient (Wildman–Crippen LogP) is 9.04. The zero-order chi connectivity index (χ0) is 24.3. The van der Waals surface area contributed by atoms with Gasteiger partial charge in [0, 0.05) is 17.5 Å². The van der Waals surface area contributed by atoms with Gasteiger partial charge in [0.1, 0.15) is 17.2 Å². The van der Waals surface area contributed by atoms with Gasteiger partial charge in [0.15, 0.2) is 0 Å². The Morgan fingerprint density at radius 3 is 2.32 bits per heavy atom. The van der Waals surface area contributed by atoms with E-state index in [1.807, 2.05) is 12.1 Å². The predicted molar refractivity (Wildman–Crippen MR) is 136 cm³/mol. The number of unbranched alkanes of at least 4 members (excludes halogenated alkanes) is 7. The summed E-state index contributed by atoms with van der Waals surface area (Å²) in [6, 6.07) is 12.7. The maximum Gasteiger partial charge on any atom is 0.271 e. The van der Waals surface area contributed by atoms with E-state index in [0.29, 0.717) is 34.5 Å².